The quantitative estimate of drug-likeness (QED) is 0.369. The Hall–Kier alpha value is -2.28. The van der Waals surface area contributed by atoms with E-state index in [1.54, 1.807) is 19.1 Å². The minimum Gasteiger partial charge on any atom is -0.417 e. The largest absolute Gasteiger partial charge is 0.417 e. The van der Waals surface area contributed by atoms with Crippen LogP contribution in [0.15, 0.2) is 23.8 Å². The van der Waals surface area contributed by atoms with Gasteiger partial charge in [-0.05, 0) is 67.4 Å². The third-order valence-electron chi connectivity index (χ3n) is 9.89. The highest BCUT2D eigenvalue weighted by Gasteiger charge is 2.64. The second kappa shape index (κ2) is 10.5. The summed E-state index contributed by atoms with van der Waals surface area (Å²) in [5.74, 6) is -1.44. The summed E-state index contributed by atoms with van der Waals surface area (Å²) in [6, 6.07) is 0. The van der Waals surface area contributed by atoms with Crippen LogP contribution in [0.1, 0.15) is 86.0 Å². The van der Waals surface area contributed by atoms with Gasteiger partial charge in [0, 0.05) is 30.1 Å². The van der Waals surface area contributed by atoms with E-state index in [9.17, 15) is 24.3 Å². The highest BCUT2D eigenvalue weighted by molar-refractivity contribution is 6.01. The molecule has 0 saturated heterocycles. The number of carbonyl (C=O) groups excluding carboxylic acids is 4. The first-order valence-corrected chi connectivity index (χ1v) is 14.0. The molecule has 7 heteroatoms. The third kappa shape index (κ3) is 4.84. The SMILES string of the molecule is CCCCC(=O)OC(OC(=O)CC)C(=O)[C@H]1CC[C@H]2[C@@H]3C[C@H](C)C4=CC(=O)C=C[C@]4(C)[C@H]3[C@@H](O)C[C@]12C. The van der Waals surface area contributed by atoms with Crippen LogP contribution in [0.4, 0.5) is 0 Å². The Morgan fingerprint density at radius 1 is 1.14 bits per heavy atom. The van der Waals surface area contributed by atoms with Crippen LogP contribution in [0.2, 0.25) is 0 Å². The molecule has 9 atom stereocenters. The fourth-order valence-electron chi connectivity index (χ4n) is 8.22. The molecule has 1 unspecified atom stereocenters. The predicted molar refractivity (Wildman–Crippen MR) is 137 cm³/mol. The van der Waals surface area contributed by atoms with Gasteiger partial charge in [0.05, 0.1) is 6.10 Å². The number of ketones is 2. The number of fused-ring (bicyclic) bond motifs is 5. The lowest BCUT2D eigenvalue weighted by molar-refractivity contribution is -0.196. The number of ether oxygens (including phenoxy) is 2. The number of allylic oxidation sites excluding steroid dienone is 4. The summed E-state index contributed by atoms with van der Waals surface area (Å²) in [4.78, 5) is 50.5. The summed E-state index contributed by atoms with van der Waals surface area (Å²) in [7, 11) is 0. The Morgan fingerprint density at radius 2 is 1.84 bits per heavy atom. The van der Waals surface area contributed by atoms with Crippen molar-refractivity contribution >= 4 is 23.5 Å². The summed E-state index contributed by atoms with van der Waals surface area (Å²) in [6.45, 7) is 9.95. The zero-order valence-electron chi connectivity index (χ0n) is 22.8. The number of Topliss-reactive ketones (excluding diaryl/α,β-unsaturated/α-hetero) is 1. The maximum absolute atomic E-state index is 13.8. The number of esters is 2. The van der Waals surface area contributed by atoms with E-state index in [0.717, 1.165) is 24.8 Å². The number of unbranched alkanes of at least 4 members (excludes halogenated alkanes) is 1. The summed E-state index contributed by atoms with van der Waals surface area (Å²) >= 11 is 0. The van der Waals surface area contributed by atoms with Crippen molar-refractivity contribution in [2.24, 2.45) is 40.4 Å². The van der Waals surface area contributed by atoms with Gasteiger partial charge >= 0.3 is 18.2 Å². The Morgan fingerprint density at radius 3 is 2.51 bits per heavy atom. The molecule has 0 radical (unpaired) electrons. The minimum absolute atomic E-state index is 0.000548. The molecule has 0 aromatic rings. The molecular weight excluding hydrogens is 472 g/mol. The van der Waals surface area contributed by atoms with E-state index in [1.165, 1.54) is 0 Å². The third-order valence-corrected chi connectivity index (χ3v) is 9.89. The van der Waals surface area contributed by atoms with Gasteiger partial charge in [-0.3, -0.25) is 19.2 Å². The van der Waals surface area contributed by atoms with Gasteiger partial charge in [0.15, 0.2) is 5.78 Å². The number of hydrogen-bond acceptors (Lipinski definition) is 7. The minimum atomic E-state index is -1.54. The Bertz CT molecular complexity index is 1010. The van der Waals surface area contributed by atoms with E-state index in [4.69, 9.17) is 9.47 Å². The zero-order valence-corrected chi connectivity index (χ0v) is 22.8. The molecule has 4 rings (SSSR count). The molecule has 4 aliphatic rings. The van der Waals surface area contributed by atoms with Crippen molar-refractivity contribution in [3.05, 3.63) is 23.8 Å². The van der Waals surface area contributed by atoms with Crippen molar-refractivity contribution in [2.45, 2.75) is 98.4 Å². The summed E-state index contributed by atoms with van der Waals surface area (Å²) in [5, 5.41) is 11.6. The van der Waals surface area contributed by atoms with E-state index in [0.29, 0.717) is 19.3 Å². The maximum atomic E-state index is 13.8. The molecule has 204 valence electrons. The van der Waals surface area contributed by atoms with Crippen LogP contribution >= 0.6 is 0 Å². The predicted octanol–water partition coefficient (Wildman–Crippen LogP) is 4.71. The van der Waals surface area contributed by atoms with Crippen molar-refractivity contribution < 1.29 is 33.8 Å². The van der Waals surface area contributed by atoms with Gasteiger partial charge in [0.1, 0.15) is 0 Å². The van der Waals surface area contributed by atoms with E-state index < -0.39 is 41.1 Å². The Labute approximate surface area is 220 Å². The molecule has 0 spiro atoms. The molecule has 0 heterocycles. The molecule has 3 saturated carbocycles. The van der Waals surface area contributed by atoms with Gasteiger partial charge in [-0.2, -0.15) is 0 Å². The Kier molecular flexibility index (Phi) is 7.85. The van der Waals surface area contributed by atoms with Crippen LogP contribution in [0, 0.1) is 40.4 Å². The van der Waals surface area contributed by atoms with E-state index in [2.05, 4.69) is 20.8 Å². The van der Waals surface area contributed by atoms with Crippen LogP contribution in [-0.4, -0.2) is 41.0 Å². The van der Waals surface area contributed by atoms with E-state index >= 15 is 0 Å². The molecule has 1 N–H and O–H groups in total. The highest BCUT2D eigenvalue weighted by Crippen LogP contribution is 2.67. The molecular formula is C30H42O7. The van der Waals surface area contributed by atoms with Gasteiger partial charge in [0.25, 0.3) is 0 Å². The standard InChI is InChI=1S/C30H42O7/c1-6-8-9-25(34)37-28(36-24(33)7-2)27(35)21-11-10-20-19-14-17(3)22-15-18(31)12-13-29(22,4)26(19)23(32)16-30(20,21)5/h12-13,15,17,19-21,23,26,28,32H,6-11,14,16H2,1-5H3/t17-,19-,20-,21+,23-,26+,28?,29-,30-/m0/s1. The van der Waals surface area contributed by atoms with Crippen LogP contribution in [-0.2, 0) is 28.7 Å². The number of hydrogen-bond donors (Lipinski definition) is 1. The maximum Gasteiger partial charge on any atom is 0.309 e. The fraction of sp³-hybridized carbons (Fsp3) is 0.733. The first-order chi connectivity index (χ1) is 17.5. The van der Waals surface area contributed by atoms with Gasteiger partial charge in [-0.1, -0.05) is 52.7 Å². The molecule has 4 aliphatic carbocycles. The molecule has 0 aliphatic heterocycles. The van der Waals surface area contributed by atoms with Gasteiger partial charge in [-0.25, -0.2) is 0 Å². The second-order valence-electron chi connectivity index (χ2n) is 12.1. The summed E-state index contributed by atoms with van der Waals surface area (Å²) < 4.78 is 10.8. The molecule has 0 aromatic heterocycles. The Balaban J connectivity index is 1.61. The van der Waals surface area contributed by atoms with Crippen LogP contribution in [0.3, 0.4) is 0 Å². The van der Waals surface area contributed by atoms with Crippen LogP contribution in [0.5, 0.6) is 0 Å². The first kappa shape index (κ1) is 27.7. The highest BCUT2D eigenvalue weighted by atomic mass is 16.7. The molecule has 0 amide bonds. The molecule has 0 aromatic carbocycles. The monoisotopic (exact) mass is 514 g/mol. The zero-order chi connectivity index (χ0) is 27.1. The lowest BCUT2D eigenvalue weighted by atomic mass is 9.45. The van der Waals surface area contributed by atoms with Crippen molar-refractivity contribution in [1.29, 1.82) is 0 Å². The normalized spacial score (nSPS) is 39.1. The van der Waals surface area contributed by atoms with Crippen molar-refractivity contribution in [1.82, 2.24) is 0 Å². The van der Waals surface area contributed by atoms with Crippen LogP contribution in [0.25, 0.3) is 0 Å². The topological polar surface area (TPSA) is 107 Å². The molecule has 7 nitrogen and oxygen atoms in total. The summed E-state index contributed by atoms with van der Waals surface area (Å²) in [5.41, 5.74) is 0.197. The second-order valence-corrected chi connectivity index (χ2v) is 12.1. The molecule has 3 fully saturated rings. The first-order valence-electron chi connectivity index (χ1n) is 14.0. The fourth-order valence-corrected chi connectivity index (χ4v) is 8.22. The lowest BCUT2D eigenvalue weighted by Crippen LogP contribution is -2.58. The van der Waals surface area contributed by atoms with Gasteiger partial charge < -0.3 is 14.6 Å². The molecule has 0 bridgehead atoms. The number of aliphatic hydroxyl groups is 1. The molecule has 37 heavy (non-hydrogen) atoms. The van der Waals surface area contributed by atoms with E-state index in [-0.39, 0.29) is 48.1 Å². The smallest absolute Gasteiger partial charge is 0.309 e. The number of carbonyl (C=O) groups is 4. The van der Waals surface area contributed by atoms with Gasteiger partial charge in [-0.15, -0.1) is 0 Å². The lowest BCUT2D eigenvalue weighted by Gasteiger charge is -2.60. The van der Waals surface area contributed by atoms with Crippen molar-refractivity contribution in [3.8, 4) is 0 Å². The van der Waals surface area contributed by atoms with Crippen molar-refractivity contribution in [3.63, 3.8) is 0 Å². The van der Waals surface area contributed by atoms with Gasteiger partial charge in [0.2, 0.25) is 5.78 Å². The number of rotatable bonds is 8. The summed E-state index contributed by atoms with van der Waals surface area (Å²) in [6.07, 6.45) is 7.56. The average molecular weight is 515 g/mol. The average Bonchev–Trinajstić information content (AvgIpc) is 3.19. The van der Waals surface area contributed by atoms with Crippen molar-refractivity contribution in [2.75, 3.05) is 0 Å². The van der Waals surface area contributed by atoms with E-state index in [1.807, 2.05) is 13.0 Å². The van der Waals surface area contributed by atoms with Crippen LogP contribution < -0.4 is 0 Å². The number of aliphatic hydroxyl groups excluding tert-OH is 1.